The molecule has 0 saturated heterocycles. The lowest BCUT2D eigenvalue weighted by Gasteiger charge is -2.57. The van der Waals surface area contributed by atoms with Crippen LogP contribution in [0.1, 0.15) is 59.8 Å². The monoisotopic (exact) mass is 262 g/mol. The van der Waals surface area contributed by atoms with E-state index in [9.17, 15) is 4.79 Å². The Bertz CT molecular complexity index is 421. The van der Waals surface area contributed by atoms with Crippen LogP contribution in [0, 0.1) is 23.2 Å². The lowest BCUT2D eigenvalue weighted by atomic mass is 9.52. The van der Waals surface area contributed by atoms with Gasteiger partial charge < -0.3 is 4.74 Å². The van der Waals surface area contributed by atoms with Gasteiger partial charge in [-0.1, -0.05) is 32.4 Å². The molecule has 3 unspecified atom stereocenters. The molecule has 19 heavy (non-hydrogen) atoms. The number of allylic oxidation sites excluding steroid dienone is 1. The average molecular weight is 262 g/mol. The molecule has 3 fully saturated rings. The van der Waals surface area contributed by atoms with E-state index in [1.807, 2.05) is 0 Å². The highest BCUT2D eigenvalue weighted by molar-refractivity contribution is 5.77. The molecule has 0 heterocycles. The maximum atomic E-state index is 12.7. The van der Waals surface area contributed by atoms with Gasteiger partial charge in [0.15, 0.2) is 0 Å². The average Bonchev–Trinajstić information content (AvgIpc) is 2.37. The molecule has 3 saturated carbocycles. The number of hydrogen-bond acceptors (Lipinski definition) is 2. The fourth-order valence-electron chi connectivity index (χ4n) is 4.20. The predicted molar refractivity (Wildman–Crippen MR) is 75.6 cm³/mol. The summed E-state index contributed by atoms with van der Waals surface area (Å²) >= 11 is 0. The van der Waals surface area contributed by atoms with Crippen molar-refractivity contribution in [1.82, 2.24) is 0 Å². The van der Waals surface area contributed by atoms with Crippen LogP contribution in [0.2, 0.25) is 0 Å². The van der Waals surface area contributed by atoms with E-state index in [1.165, 1.54) is 6.42 Å². The summed E-state index contributed by atoms with van der Waals surface area (Å²) in [4.78, 5) is 12.7. The maximum absolute atomic E-state index is 12.7. The highest BCUT2D eigenvalue weighted by Crippen LogP contribution is 2.60. The molecule has 0 amide bonds. The van der Waals surface area contributed by atoms with Crippen molar-refractivity contribution in [1.29, 1.82) is 0 Å². The second-order valence-corrected chi connectivity index (χ2v) is 7.44. The largest absolute Gasteiger partial charge is 0.458 e. The fraction of sp³-hybridized carbons (Fsp3) is 0.824. The van der Waals surface area contributed by atoms with E-state index in [4.69, 9.17) is 4.74 Å². The van der Waals surface area contributed by atoms with Crippen LogP contribution in [0.5, 0.6) is 0 Å². The Morgan fingerprint density at radius 3 is 2.58 bits per heavy atom. The lowest BCUT2D eigenvalue weighted by Crippen LogP contribution is -2.54. The maximum Gasteiger partial charge on any atom is 0.312 e. The van der Waals surface area contributed by atoms with Gasteiger partial charge in [-0.2, -0.15) is 0 Å². The van der Waals surface area contributed by atoms with Gasteiger partial charge in [0, 0.05) is 6.42 Å². The molecule has 0 aromatic heterocycles. The van der Waals surface area contributed by atoms with E-state index in [0.717, 1.165) is 37.5 Å². The zero-order chi connectivity index (χ0) is 13.8. The van der Waals surface area contributed by atoms with E-state index in [-0.39, 0.29) is 17.0 Å². The van der Waals surface area contributed by atoms with Crippen LogP contribution in [0.25, 0.3) is 0 Å². The Kier molecular flexibility index (Phi) is 2.85. The Hall–Kier alpha value is -0.790. The summed E-state index contributed by atoms with van der Waals surface area (Å²) < 4.78 is 6.10. The van der Waals surface area contributed by atoms with Crippen molar-refractivity contribution < 1.29 is 9.53 Å². The molecule has 0 aliphatic heterocycles. The molecule has 0 radical (unpaired) electrons. The summed E-state index contributed by atoms with van der Waals surface area (Å²) in [6.07, 6.45) is 7.67. The second-order valence-electron chi connectivity index (χ2n) is 7.44. The lowest BCUT2D eigenvalue weighted by molar-refractivity contribution is -0.186. The quantitative estimate of drug-likeness (QED) is 0.563. The first-order valence-electron chi connectivity index (χ1n) is 7.83. The van der Waals surface area contributed by atoms with E-state index in [2.05, 4.69) is 33.8 Å². The van der Waals surface area contributed by atoms with Crippen molar-refractivity contribution in [2.24, 2.45) is 23.2 Å². The molecule has 0 aromatic rings. The summed E-state index contributed by atoms with van der Waals surface area (Å²) in [5.41, 5.74) is 1.18. The van der Waals surface area contributed by atoms with Crippen LogP contribution in [0.4, 0.5) is 0 Å². The summed E-state index contributed by atoms with van der Waals surface area (Å²) in [6.45, 7) is 8.40. The standard InChI is InChI=1S/C17H26O2/c1-5-16(4,11(2)3)15(18)19-17-7-6-14-12(9-17)8-13(14)10-17/h6,11-13H,5,7-10H2,1-4H3. The topological polar surface area (TPSA) is 26.3 Å². The number of rotatable bonds is 4. The van der Waals surface area contributed by atoms with Crippen LogP contribution in [0.3, 0.4) is 0 Å². The van der Waals surface area contributed by atoms with Gasteiger partial charge in [-0.3, -0.25) is 4.79 Å². The number of hydrogen-bond donors (Lipinski definition) is 0. The Morgan fingerprint density at radius 2 is 2.11 bits per heavy atom. The van der Waals surface area contributed by atoms with Crippen molar-refractivity contribution in [3.63, 3.8) is 0 Å². The van der Waals surface area contributed by atoms with Crippen molar-refractivity contribution in [2.75, 3.05) is 0 Å². The van der Waals surface area contributed by atoms with Crippen molar-refractivity contribution in [3.8, 4) is 0 Å². The van der Waals surface area contributed by atoms with Gasteiger partial charge in [0.1, 0.15) is 5.60 Å². The summed E-state index contributed by atoms with van der Waals surface area (Å²) in [6, 6.07) is 0. The molecule has 3 atom stereocenters. The van der Waals surface area contributed by atoms with E-state index in [1.54, 1.807) is 5.57 Å². The minimum absolute atomic E-state index is 0.0307. The third-order valence-corrected chi connectivity index (χ3v) is 6.24. The van der Waals surface area contributed by atoms with Crippen LogP contribution >= 0.6 is 0 Å². The second kappa shape index (κ2) is 4.10. The number of ether oxygens (including phenoxy) is 1. The molecule has 0 aromatic carbocycles. The van der Waals surface area contributed by atoms with Crippen molar-refractivity contribution in [3.05, 3.63) is 11.6 Å². The minimum Gasteiger partial charge on any atom is -0.458 e. The minimum atomic E-state index is -0.333. The van der Waals surface area contributed by atoms with Crippen LogP contribution in [-0.4, -0.2) is 11.6 Å². The normalized spacial score (nSPS) is 38.5. The van der Waals surface area contributed by atoms with Gasteiger partial charge in [-0.15, -0.1) is 0 Å². The zero-order valence-corrected chi connectivity index (χ0v) is 12.7. The Morgan fingerprint density at radius 1 is 1.47 bits per heavy atom. The molecular weight excluding hydrogens is 236 g/mol. The molecule has 2 nitrogen and oxygen atoms in total. The van der Waals surface area contributed by atoms with Crippen LogP contribution < -0.4 is 0 Å². The molecule has 4 bridgehead atoms. The van der Waals surface area contributed by atoms with Crippen LogP contribution in [-0.2, 0) is 9.53 Å². The molecular formula is C17H26O2. The van der Waals surface area contributed by atoms with E-state index in [0.29, 0.717) is 5.92 Å². The van der Waals surface area contributed by atoms with Gasteiger partial charge >= 0.3 is 5.97 Å². The summed E-state index contributed by atoms with van der Waals surface area (Å²) in [5.74, 6) is 1.82. The van der Waals surface area contributed by atoms with E-state index >= 15 is 0 Å². The molecule has 2 heteroatoms. The highest BCUT2D eigenvalue weighted by atomic mass is 16.6. The highest BCUT2D eigenvalue weighted by Gasteiger charge is 2.56. The van der Waals surface area contributed by atoms with Gasteiger partial charge in [0.2, 0.25) is 0 Å². The van der Waals surface area contributed by atoms with E-state index < -0.39 is 0 Å². The summed E-state index contributed by atoms with van der Waals surface area (Å²) in [5, 5.41) is 0. The number of carbonyl (C=O) groups excluding carboxylic acids is 1. The number of fused-ring (bicyclic) bond motifs is 1. The first kappa shape index (κ1) is 13.2. The third kappa shape index (κ3) is 1.79. The SMILES string of the molecule is CCC(C)(C(=O)OC12CC=C3C(CC3C1)C2)C(C)C. The van der Waals surface area contributed by atoms with Crippen molar-refractivity contribution >= 4 is 5.97 Å². The van der Waals surface area contributed by atoms with Gasteiger partial charge in [-0.25, -0.2) is 0 Å². The predicted octanol–water partition coefficient (Wildman–Crippen LogP) is 4.10. The van der Waals surface area contributed by atoms with Gasteiger partial charge in [-0.05, 0) is 50.4 Å². The smallest absolute Gasteiger partial charge is 0.312 e. The molecule has 106 valence electrons. The zero-order valence-electron chi connectivity index (χ0n) is 12.7. The molecule has 5 aliphatic carbocycles. The van der Waals surface area contributed by atoms with Gasteiger partial charge in [0.05, 0.1) is 5.41 Å². The van der Waals surface area contributed by atoms with Crippen molar-refractivity contribution in [2.45, 2.75) is 65.4 Å². The Labute approximate surface area is 116 Å². The fourth-order valence-corrected chi connectivity index (χ4v) is 4.20. The molecule has 5 aliphatic rings. The molecule has 0 spiro atoms. The van der Waals surface area contributed by atoms with Gasteiger partial charge in [0.25, 0.3) is 0 Å². The molecule has 0 N–H and O–H groups in total. The first-order chi connectivity index (χ1) is 8.90. The number of esters is 1. The molecule has 5 rings (SSSR count). The Balaban J connectivity index is 1.75. The number of carbonyl (C=O) groups is 1. The first-order valence-corrected chi connectivity index (χ1v) is 7.83. The summed E-state index contributed by atoms with van der Waals surface area (Å²) in [7, 11) is 0. The third-order valence-electron chi connectivity index (χ3n) is 6.24. The van der Waals surface area contributed by atoms with Crippen LogP contribution in [0.15, 0.2) is 11.6 Å².